The molecule has 0 aliphatic rings. The van der Waals surface area contributed by atoms with E-state index in [4.69, 9.17) is 16.0 Å². The average molecular weight is 658 g/mol. The van der Waals surface area contributed by atoms with E-state index in [0.717, 1.165) is 22.3 Å². The SMILES string of the molecule is CS(=O)(=O)O.[CH3-].[NH-]c1ccccc1-c1[c-]cccc1.[NH-]c1ccccc1-c1[c-]cccc1.[Pd+2].[Pd]. The standard InChI is InChI=1S/2C12H9N.CH4O3S.CH3.2Pd/c2*13-12-9-5-4-8-11(12)10-6-2-1-3-7-10;1-5(2,3)4;;;/h2*1-6,8-9,13H;1H3,(H,2,3,4);1H3;;/q2*-2;;-1;;+2. The van der Waals surface area contributed by atoms with Crippen LogP contribution in [0, 0.1) is 19.6 Å². The third kappa shape index (κ3) is 12.8. The quantitative estimate of drug-likeness (QED) is 0.136. The van der Waals surface area contributed by atoms with Crippen molar-refractivity contribution in [2.24, 2.45) is 0 Å². The molecule has 0 unspecified atom stereocenters. The molecule has 0 spiro atoms. The molecule has 0 fully saturated rings. The van der Waals surface area contributed by atoms with Gasteiger partial charge in [0.1, 0.15) is 0 Å². The monoisotopic (exact) mass is 657 g/mol. The predicted molar refractivity (Wildman–Crippen MR) is 133 cm³/mol. The van der Waals surface area contributed by atoms with Crippen LogP contribution in [-0.4, -0.2) is 19.2 Å². The molecule has 0 amide bonds. The second-order valence-electron chi connectivity index (χ2n) is 6.38. The van der Waals surface area contributed by atoms with Crippen LogP contribution in [-0.2, 0) is 51.0 Å². The molecule has 5 nitrogen and oxygen atoms in total. The van der Waals surface area contributed by atoms with Crippen LogP contribution in [0.15, 0.2) is 97.1 Å². The summed E-state index contributed by atoms with van der Waals surface area (Å²) in [6, 6.07) is 36.7. The van der Waals surface area contributed by atoms with Gasteiger partial charge in [0.25, 0.3) is 10.1 Å². The van der Waals surface area contributed by atoms with E-state index in [9.17, 15) is 8.42 Å². The Morgan fingerprint density at radius 1 is 0.676 bits per heavy atom. The summed E-state index contributed by atoms with van der Waals surface area (Å²) < 4.78 is 25.9. The van der Waals surface area contributed by atoms with Gasteiger partial charge >= 0.3 is 20.4 Å². The Morgan fingerprint density at radius 2 is 0.971 bits per heavy atom. The molecule has 8 heteroatoms. The fourth-order valence-electron chi connectivity index (χ4n) is 2.56. The Kier molecular flexibility index (Phi) is 17.1. The molecule has 0 aliphatic carbocycles. The van der Waals surface area contributed by atoms with Gasteiger partial charge in [-0.15, -0.1) is 82.9 Å². The van der Waals surface area contributed by atoms with Crippen molar-refractivity contribution in [3.05, 3.63) is 128 Å². The Morgan fingerprint density at radius 3 is 1.24 bits per heavy atom. The summed E-state index contributed by atoms with van der Waals surface area (Å²) in [5.41, 5.74) is 20.3. The van der Waals surface area contributed by atoms with Crippen LogP contribution in [0.2, 0.25) is 0 Å². The van der Waals surface area contributed by atoms with Gasteiger partial charge < -0.3 is 18.9 Å². The van der Waals surface area contributed by atoms with Gasteiger partial charge in [0.2, 0.25) is 0 Å². The minimum absolute atomic E-state index is 0. The van der Waals surface area contributed by atoms with Crippen molar-refractivity contribution >= 4 is 21.5 Å². The first kappa shape index (κ1) is 33.9. The molecule has 0 aliphatic heterocycles. The van der Waals surface area contributed by atoms with Crippen LogP contribution in [0.5, 0.6) is 0 Å². The number of nitrogens with one attached hydrogen (secondary N) is 2. The molecule has 34 heavy (non-hydrogen) atoms. The minimum Gasteiger partial charge on any atom is -0.706 e. The topological polar surface area (TPSA) is 102 Å². The number of hydrogen-bond acceptors (Lipinski definition) is 2. The van der Waals surface area contributed by atoms with E-state index in [-0.39, 0.29) is 48.3 Å². The Bertz CT molecular complexity index is 1100. The van der Waals surface area contributed by atoms with Gasteiger partial charge in [0.15, 0.2) is 0 Å². The third-order valence-electron chi connectivity index (χ3n) is 3.85. The Balaban J connectivity index is 0. The third-order valence-corrected chi connectivity index (χ3v) is 3.85. The number of hydrogen-bond donors (Lipinski definition) is 1. The van der Waals surface area contributed by atoms with Crippen LogP contribution >= 0.6 is 0 Å². The first-order chi connectivity index (χ1) is 14.8. The van der Waals surface area contributed by atoms with Crippen molar-refractivity contribution in [1.29, 1.82) is 0 Å². The van der Waals surface area contributed by atoms with E-state index in [1.165, 1.54) is 0 Å². The van der Waals surface area contributed by atoms with Gasteiger partial charge in [-0.3, -0.25) is 4.55 Å². The molecule has 0 atom stereocenters. The molecule has 4 rings (SSSR count). The summed E-state index contributed by atoms with van der Waals surface area (Å²) in [4.78, 5) is 0. The van der Waals surface area contributed by atoms with E-state index >= 15 is 0 Å². The van der Waals surface area contributed by atoms with Crippen molar-refractivity contribution in [3.63, 3.8) is 0 Å². The van der Waals surface area contributed by atoms with Crippen molar-refractivity contribution in [2.45, 2.75) is 0 Å². The summed E-state index contributed by atoms with van der Waals surface area (Å²) in [7, 11) is -3.67. The minimum atomic E-state index is -3.67. The first-order valence-corrected chi connectivity index (χ1v) is 11.1. The first-order valence-electron chi connectivity index (χ1n) is 9.23. The van der Waals surface area contributed by atoms with Gasteiger partial charge in [-0.05, 0) is 0 Å². The van der Waals surface area contributed by atoms with Crippen molar-refractivity contribution < 1.29 is 53.8 Å². The number of benzene rings is 4. The molecule has 4 aromatic rings. The molecule has 3 N–H and O–H groups in total. The van der Waals surface area contributed by atoms with Gasteiger partial charge in [-0.25, -0.2) is 0 Å². The maximum Gasteiger partial charge on any atom is 2.00 e. The van der Waals surface area contributed by atoms with Crippen molar-refractivity contribution in [3.8, 4) is 22.3 Å². The Labute approximate surface area is 230 Å². The second-order valence-corrected chi connectivity index (χ2v) is 7.84. The van der Waals surface area contributed by atoms with Crippen molar-refractivity contribution in [1.82, 2.24) is 0 Å². The van der Waals surface area contributed by atoms with Crippen LogP contribution in [0.1, 0.15) is 0 Å². The van der Waals surface area contributed by atoms with E-state index in [1.807, 2.05) is 84.9 Å². The van der Waals surface area contributed by atoms with Crippen LogP contribution in [0.3, 0.4) is 0 Å². The molecule has 186 valence electrons. The summed E-state index contributed by atoms with van der Waals surface area (Å²) in [6.07, 6.45) is 0.715. The van der Waals surface area contributed by atoms with E-state index in [0.29, 0.717) is 17.6 Å². The fourth-order valence-corrected chi connectivity index (χ4v) is 2.56. The Hall–Kier alpha value is -2.29. The molecular weight excluding hydrogens is 633 g/mol. The van der Waals surface area contributed by atoms with Crippen LogP contribution in [0.25, 0.3) is 33.7 Å². The summed E-state index contributed by atoms with van der Waals surface area (Å²) in [6.45, 7) is 0. The predicted octanol–water partition coefficient (Wildman–Crippen LogP) is 7.62. The molecule has 0 aromatic heterocycles. The zero-order valence-corrected chi connectivity index (χ0v) is 22.5. The van der Waals surface area contributed by atoms with Gasteiger partial charge in [-0.2, -0.15) is 19.8 Å². The maximum absolute atomic E-state index is 9.19. The molecular formula is C26H25N2O3Pd2S-3. The van der Waals surface area contributed by atoms with Crippen LogP contribution < -0.4 is 0 Å². The van der Waals surface area contributed by atoms with Gasteiger partial charge in [-0.1, -0.05) is 48.5 Å². The molecule has 0 bridgehead atoms. The summed E-state index contributed by atoms with van der Waals surface area (Å²) >= 11 is 0. The zero-order chi connectivity index (χ0) is 22.7. The molecule has 4 aromatic carbocycles. The normalized spacial score (nSPS) is 9.24. The summed E-state index contributed by atoms with van der Waals surface area (Å²) in [5, 5.41) is 0. The van der Waals surface area contributed by atoms with Crippen molar-refractivity contribution in [2.75, 3.05) is 6.26 Å². The van der Waals surface area contributed by atoms with E-state index in [2.05, 4.69) is 12.1 Å². The molecule has 0 saturated heterocycles. The number of rotatable bonds is 2. The average Bonchev–Trinajstić information content (AvgIpc) is 2.75. The van der Waals surface area contributed by atoms with E-state index in [1.54, 1.807) is 12.1 Å². The largest absolute Gasteiger partial charge is 2.00 e. The summed E-state index contributed by atoms with van der Waals surface area (Å²) in [5.74, 6) is 0. The maximum atomic E-state index is 9.19. The smallest absolute Gasteiger partial charge is 0.706 e. The van der Waals surface area contributed by atoms with Gasteiger partial charge in [0, 0.05) is 20.4 Å². The molecule has 0 radical (unpaired) electrons. The van der Waals surface area contributed by atoms with Crippen LogP contribution in [0.4, 0.5) is 11.4 Å². The zero-order valence-electron chi connectivity index (χ0n) is 18.5. The molecule has 0 heterocycles. The molecule has 0 saturated carbocycles. The fraction of sp³-hybridized carbons (Fsp3) is 0.0385. The van der Waals surface area contributed by atoms with Gasteiger partial charge in [0.05, 0.1) is 6.26 Å². The van der Waals surface area contributed by atoms with E-state index < -0.39 is 10.1 Å². The second kappa shape index (κ2) is 17.2.